The van der Waals surface area contributed by atoms with E-state index < -0.39 is 14.9 Å². The highest BCUT2D eigenvalue weighted by atomic mass is 32.2. The smallest absolute Gasteiger partial charge is 0.269 e. The normalized spacial score (nSPS) is 11.4. The molecule has 0 aliphatic carbocycles. The van der Waals surface area contributed by atoms with E-state index in [4.69, 9.17) is 0 Å². The first kappa shape index (κ1) is 18.9. The number of sulfonamides is 1. The highest BCUT2D eigenvalue weighted by Gasteiger charge is 2.16. The summed E-state index contributed by atoms with van der Waals surface area (Å²) in [6.45, 7) is -0.115. The molecule has 27 heavy (non-hydrogen) atoms. The van der Waals surface area contributed by atoms with Crippen LogP contribution >= 0.6 is 11.3 Å². The quantitative estimate of drug-likeness (QED) is 0.458. The molecule has 140 valence electrons. The van der Waals surface area contributed by atoms with Gasteiger partial charge in [-0.2, -0.15) is 0 Å². The zero-order valence-electron chi connectivity index (χ0n) is 13.8. The molecule has 3 rings (SSSR count). The number of aromatic nitrogens is 1. The monoisotopic (exact) mass is 406 g/mol. The number of hydrogen-bond acceptors (Lipinski definition) is 7. The van der Waals surface area contributed by atoms with Crippen LogP contribution in [0.4, 0.5) is 10.8 Å². The molecule has 0 spiro atoms. The predicted octanol–water partition coefficient (Wildman–Crippen LogP) is 2.51. The summed E-state index contributed by atoms with van der Waals surface area (Å²) in [7, 11) is -3.86. The van der Waals surface area contributed by atoms with Crippen molar-refractivity contribution in [2.24, 2.45) is 0 Å². The van der Waals surface area contributed by atoms with Gasteiger partial charge in [0.15, 0.2) is 5.13 Å². The van der Waals surface area contributed by atoms with Crippen LogP contribution in [0.25, 0.3) is 10.2 Å². The number of non-ortho nitro benzene ring substituents is 1. The van der Waals surface area contributed by atoms with Crippen molar-refractivity contribution in [2.45, 2.75) is 11.3 Å². The van der Waals surface area contributed by atoms with Crippen molar-refractivity contribution in [3.63, 3.8) is 0 Å². The molecule has 3 aromatic rings. The van der Waals surface area contributed by atoms with E-state index in [1.807, 2.05) is 24.3 Å². The van der Waals surface area contributed by atoms with Crippen LogP contribution < -0.4 is 10.0 Å². The van der Waals surface area contributed by atoms with Crippen LogP contribution in [-0.4, -0.2) is 30.8 Å². The van der Waals surface area contributed by atoms with Gasteiger partial charge < -0.3 is 5.32 Å². The van der Waals surface area contributed by atoms with Crippen LogP contribution in [0, 0.1) is 10.1 Å². The SMILES string of the molecule is O=C(CCNS(=O)(=O)c1ccc([N+](=O)[O-])cc1)Nc1nc2ccccc2s1. The van der Waals surface area contributed by atoms with Crippen LogP contribution in [0.3, 0.4) is 0 Å². The summed E-state index contributed by atoms with van der Waals surface area (Å²) in [5.41, 5.74) is 0.570. The number of hydrogen-bond donors (Lipinski definition) is 2. The summed E-state index contributed by atoms with van der Waals surface area (Å²) >= 11 is 1.33. The maximum atomic E-state index is 12.1. The van der Waals surface area contributed by atoms with Crippen LogP contribution in [0.15, 0.2) is 53.4 Å². The van der Waals surface area contributed by atoms with E-state index in [9.17, 15) is 23.3 Å². The number of benzene rings is 2. The molecule has 0 aliphatic heterocycles. The fraction of sp³-hybridized carbons (Fsp3) is 0.125. The fourth-order valence-corrected chi connectivity index (χ4v) is 4.15. The maximum Gasteiger partial charge on any atom is 0.269 e. The first-order valence-corrected chi connectivity index (χ1v) is 10.0. The second kappa shape index (κ2) is 7.78. The average molecular weight is 406 g/mol. The predicted molar refractivity (Wildman–Crippen MR) is 101 cm³/mol. The first-order chi connectivity index (χ1) is 12.8. The number of thiazole rings is 1. The van der Waals surface area contributed by atoms with Gasteiger partial charge in [0.05, 0.1) is 20.0 Å². The van der Waals surface area contributed by atoms with Crippen molar-refractivity contribution in [2.75, 3.05) is 11.9 Å². The minimum absolute atomic E-state index is 0.0812. The standard InChI is InChI=1S/C16H14N4O5S2/c21-15(19-16-18-13-3-1-2-4-14(13)26-16)9-10-17-27(24,25)12-7-5-11(6-8-12)20(22)23/h1-8,17H,9-10H2,(H,18,19,21). The van der Waals surface area contributed by atoms with Gasteiger partial charge in [-0.25, -0.2) is 18.1 Å². The van der Waals surface area contributed by atoms with Crippen LogP contribution in [0.5, 0.6) is 0 Å². The summed E-state index contributed by atoms with van der Waals surface area (Å²) in [6, 6.07) is 11.9. The lowest BCUT2D eigenvalue weighted by molar-refractivity contribution is -0.384. The Balaban J connectivity index is 1.54. The molecular formula is C16H14N4O5S2. The van der Waals surface area contributed by atoms with E-state index in [0.717, 1.165) is 34.5 Å². The second-order valence-electron chi connectivity index (χ2n) is 5.43. The first-order valence-electron chi connectivity index (χ1n) is 7.75. The van der Waals surface area contributed by atoms with E-state index >= 15 is 0 Å². The molecule has 11 heteroatoms. The number of fused-ring (bicyclic) bond motifs is 1. The van der Waals surface area contributed by atoms with Gasteiger partial charge in [-0.05, 0) is 24.3 Å². The maximum absolute atomic E-state index is 12.1. The zero-order valence-corrected chi connectivity index (χ0v) is 15.4. The zero-order chi connectivity index (χ0) is 19.4. The van der Waals surface area contributed by atoms with Crippen molar-refractivity contribution in [1.29, 1.82) is 0 Å². The van der Waals surface area contributed by atoms with Gasteiger partial charge in [-0.15, -0.1) is 0 Å². The lowest BCUT2D eigenvalue weighted by Gasteiger charge is -2.06. The van der Waals surface area contributed by atoms with E-state index in [-0.39, 0.29) is 29.5 Å². The number of amides is 1. The Kier molecular flexibility index (Phi) is 5.44. The molecule has 0 unspecified atom stereocenters. The number of carbonyl (C=O) groups is 1. The Hall–Kier alpha value is -2.89. The molecule has 0 bridgehead atoms. The Morgan fingerprint density at radius 3 is 2.52 bits per heavy atom. The highest BCUT2D eigenvalue weighted by Crippen LogP contribution is 2.25. The third-order valence-corrected chi connectivity index (χ3v) is 5.97. The molecule has 0 radical (unpaired) electrons. The number of nitro benzene ring substituents is 1. The van der Waals surface area contributed by atoms with E-state index in [2.05, 4.69) is 15.0 Å². The number of anilines is 1. The molecule has 1 heterocycles. The van der Waals surface area contributed by atoms with Gasteiger partial charge >= 0.3 is 0 Å². The summed E-state index contributed by atoms with van der Waals surface area (Å²) in [5, 5.41) is 13.7. The minimum atomic E-state index is -3.86. The molecule has 2 N–H and O–H groups in total. The van der Waals surface area contributed by atoms with Gasteiger partial charge in [0.2, 0.25) is 15.9 Å². The molecule has 0 aliphatic rings. The lowest BCUT2D eigenvalue weighted by Crippen LogP contribution is -2.27. The molecule has 1 aromatic heterocycles. The third-order valence-electron chi connectivity index (χ3n) is 3.54. The fourth-order valence-electron chi connectivity index (χ4n) is 2.24. The lowest BCUT2D eigenvalue weighted by atomic mass is 10.3. The molecular weight excluding hydrogens is 392 g/mol. The Labute approximate surface area is 158 Å². The largest absolute Gasteiger partial charge is 0.302 e. The number of carbonyl (C=O) groups excluding carboxylic acids is 1. The average Bonchev–Trinajstić information content (AvgIpc) is 3.03. The molecule has 0 atom stereocenters. The molecule has 1 amide bonds. The summed E-state index contributed by atoms with van der Waals surface area (Å²) in [5.74, 6) is -0.375. The van der Waals surface area contributed by atoms with Crippen LogP contribution in [0.1, 0.15) is 6.42 Å². The Bertz CT molecular complexity index is 1060. The van der Waals surface area contributed by atoms with Crippen molar-refractivity contribution in [1.82, 2.24) is 9.71 Å². The number of para-hydroxylation sites is 1. The number of nitrogens with zero attached hydrogens (tertiary/aromatic N) is 2. The van der Waals surface area contributed by atoms with Crippen molar-refractivity contribution < 1.29 is 18.1 Å². The van der Waals surface area contributed by atoms with Crippen molar-refractivity contribution in [3.05, 3.63) is 58.6 Å². The third kappa shape index (κ3) is 4.64. The minimum Gasteiger partial charge on any atom is -0.302 e. The van der Waals surface area contributed by atoms with Crippen molar-refractivity contribution in [3.8, 4) is 0 Å². The second-order valence-corrected chi connectivity index (χ2v) is 8.23. The Morgan fingerprint density at radius 2 is 1.85 bits per heavy atom. The van der Waals surface area contributed by atoms with E-state index in [1.54, 1.807) is 0 Å². The number of nitrogens with one attached hydrogen (secondary N) is 2. The van der Waals surface area contributed by atoms with Gasteiger partial charge in [0.25, 0.3) is 5.69 Å². The van der Waals surface area contributed by atoms with E-state index in [1.165, 1.54) is 11.3 Å². The highest BCUT2D eigenvalue weighted by molar-refractivity contribution is 7.89. The van der Waals surface area contributed by atoms with Gasteiger partial charge in [0.1, 0.15) is 0 Å². The van der Waals surface area contributed by atoms with E-state index in [0.29, 0.717) is 5.13 Å². The molecule has 0 fully saturated rings. The topological polar surface area (TPSA) is 131 Å². The molecule has 0 saturated heterocycles. The molecule has 2 aromatic carbocycles. The van der Waals surface area contributed by atoms with Gasteiger partial charge in [0, 0.05) is 25.1 Å². The number of rotatable bonds is 7. The Morgan fingerprint density at radius 1 is 1.15 bits per heavy atom. The number of nitro groups is 1. The molecule has 0 saturated carbocycles. The summed E-state index contributed by atoms with van der Waals surface area (Å²) in [6.07, 6.45) is -0.0812. The summed E-state index contributed by atoms with van der Waals surface area (Å²) in [4.78, 5) is 26.1. The van der Waals surface area contributed by atoms with Gasteiger partial charge in [-0.3, -0.25) is 14.9 Å². The van der Waals surface area contributed by atoms with Crippen LogP contribution in [-0.2, 0) is 14.8 Å². The van der Waals surface area contributed by atoms with Crippen LogP contribution in [0.2, 0.25) is 0 Å². The van der Waals surface area contributed by atoms with Crippen molar-refractivity contribution >= 4 is 48.3 Å². The molecule has 9 nitrogen and oxygen atoms in total. The summed E-state index contributed by atoms with van der Waals surface area (Å²) < 4.78 is 27.5. The van der Waals surface area contributed by atoms with Gasteiger partial charge in [-0.1, -0.05) is 23.5 Å².